The minimum Gasteiger partial charge on any atom is -0.310 e. The van der Waals surface area contributed by atoms with Gasteiger partial charge in [0.1, 0.15) is 0 Å². The highest BCUT2D eigenvalue weighted by Gasteiger charge is 2.26. The zero-order valence-corrected chi connectivity index (χ0v) is 35.8. The molecule has 0 unspecified atom stereocenters. The van der Waals surface area contributed by atoms with Crippen LogP contribution < -0.4 is 9.80 Å². The van der Waals surface area contributed by atoms with Gasteiger partial charge in [0.25, 0.3) is 0 Å². The Morgan fingerprint density at radius 3 is 1.85 bits per heavy atom. The first-order chi connectivity index (χ1) is 30.6. The minimum absolute atomic E-state index is 0.962. The summed E-state index contributed by atoms with van der Waals surface area (Å²) in [5.74, 6) is 0. The molecule has 7 aromatic rings. The molecule has 1 aliphatic carbocycles. The molecule has 0 aromatic heterocycles. The van der Waals surface area contributed by atoms with Crippen molar-refractivity contribution < 1.29 is 0 Å². The molecule has 302 valence electrons. The fourth-order valence-electron chi connectivity index (χ4n) is 9.94. The van der Waals surface area contributed by atoms with Gasteiger partial charge in [0, 0.05) is 34.1 Å². The number of hydrogen-bond acceptors (Lipinski definition) is 2. The van der Waals surface area contributed by atoms with Crippen molar-refractivity contribution in [1.82, 2.24) is 0 Å². The van der Waals surface area contributed by atoms with E-state index in [1.807, 2.05) is 0 Å². The smallest absolute Gasteiger partial charge is 0.0493 e. The van der Waals surface area contributed by atoms with Gasteiger partial charge in [-0.15, -0.1) is 0 Å². The van der Waals surface area contributed by atoms with Crippen LogP contribution in [0.15, 0.2) is 218 Å². The summed E-state index contributed by atoms with van der Waals surface area (Å²) < 4.78 is 0. The van der Waals surface area contributed by atoms with Gasteiger partial charge in [-0.3, -0.25) is 0 Å². The molecule has 2 nitrogen and oxygen atoms in total. The van der Waals surface area contributed by atoms with Crippen molar-refractivity contribution in [3.63, 3.8) is 0 Å². The highest BCUT2D eigenvalue weighted by atomic mass is 15.2. The third-order valence-electron chi connectivity index (χ3n) is 12.9. The number of anilines is 5. The van der Waals surface area contributed by atoms with Gasteiger partial charge < -0.3 is 9.80 Å². The molecule has 2 heterocycles. The molecule has 0 atom stereocenters. The quantitative estimate of drug-likeness (QED) is 0.155. The van der Waals surface area contributed by atoms with Crippen LogP contribution in [0.25, 0.3) is 38.2 Å². The van der Waals surface area contributed by atoms with E-state index >= 15 is 0 Å². The minimum atomic E-state index is 0.962. The monoisotopic (exact) mass is 800 g/mol. The van der Waals surface area contributed by atoms with Gasteiger partial charge >= 0.3 is 0 Å². The number of benzene rings is 6. The summed E-state index contributed by atoms with van der Waals surface area (Å²) in [5, 5.41) is 4.75. The molecule has 0 fully saturated rings. The zero-order chi connectivity index (χ0) is 42.0. The lowest BCUT2D eigenvalue weighted by Gasteiger charge is -2.30. The maximum Gasteiger partial charge on any atom is 0.0493 e. The van der Waals surface area contributed by atoms with Gasteiger partial charge in [-0.1, -0.05) is 158 Å². The number of para-hydroxylation sites is 3. The molecule has 0 N–H and O–H groups in total. The topological polar surface area (TPSA) is 6.48 Å². The van der Waals surface area contributed by atoms with Gasteiger partial charge in [0.2, 0.25) is 0 Å². The van der Waals surface area contributed by atoms with Crippen molar-refractivity contribution in [1.29, 1.82) is 0 Å². The Kier molecular flexibility index (Phi) is 10.7. The lowest BCUT2D eigenvalue weighted by molar-refractivity contribution is 0.833. The highest BCUT2D eigenvalue weighted by molar-refractivity contribution is 6.09. The summed E-state index contributed by atoms with van der Waals surface area (Å²) in [6.45, 7) is 9.05. The molecule has 0 saturated heterocycles. The molecule has 2 aliphatic heterocycles. The molecule has 0 radical (unpaired) electrons. The van der Waals surface area contributed by atoms with Crippen molar-refractivity contribution in [2.24, 2.45) is 0 Å². The zero-order valence-electron chi connectivity index (χ0n) is 35.8. The number of hydrogen-bond donors (Lipinski definition) is 0. The normalized spacial score (nSPS) is 14.8. The molecule has 10 rings (SSSR count). The Labute approximate surface area is 367 Å². The van der Waals surface area contributed by atoms with E-state index in [1.54, 1.807) is 0 Å². The van der Waals surface area contributed by atoms with Crippen molar-refractivity contribution in [3.8, 4) is 11.1 Å². The molecule has 3 aliphatic rings. The molecule has 62 heavy (non-hydrogen) atoms. The summed E-state index contributed by atoms with van der Waals surface area (Å²) in [6, 6.07) is 61.0. The molecule has 0 saturated carbocycles. The molecular formula is C60H52N2. The predicted molar refractivity (Wildman–Crippen MR) is 267 cm³/mol. The number of rotatable bonds is 6. The maximum atomic E-state index is 4.82. The van der Waals surface area contributed by atoms with Crippen LogP contribution in [-0.2, 0) is 19.3 Å². The summed E-state index contributed by atoms with van der Waals surface area (Å²) in [6.07, 6.45) is 17.5. The first-order valence-electron chi connectivity index (χ1n) is 22.2. The molecule has 2 heteroatoms. The first-order valence-corrected chi connectivity index (χ1v) is 22.2. The highest BCUT2D eigenvalue weighted by Crippen LogP contribution is 2.45. The van der Waals surface area contributed by atoms with Gasteiger partial charge in [-0.2, -0.15) is 0 Å². The lowest BCUT2D eigenvalue weighted by atomic mass is 9.92. The molecule has 0 bridgehead atoms. The van der Waals surface area contributed by atoms with Gasteiger partial charge in [-0.05, 0) is 167 Å². The number of allylic oxidation sites excluding steroid dienone is 8. The Morgan fingerprint density at radius 2 is 1.13 bits per heavy atom. The second kappa shape index (κ2) is 17.1. The van der Waals surface area contributed by atoms with E-state index in [0.717, 1.165) is 77.6 Å². The Hall–Kier alpha value is -7.16. The summed E-state index contributed by atoms with van der Waals surface area (Å²) in [4.78, 5) is 4.99. The number of aryl methyl sites for hydroxylation is 3. The second-order valence-electron chi connectivity index (χ2n) is 16.8. The standard InChI is InChI=1S/C60H52N2/c1-4-17-42(2)40-43(3)51-38-36-49(61-57-28-11-6-19-45(57)32-33-46-20-7-12-29-58(46)61)24-16-27-54(53-26-15-23-44-18-5-10-25-52(44)53)56-41-50(37-39-55(51)56)62-59-30-13-8-21-47(59)34-35-48-22-9-14-31-60(48)62/h4-8,10-21,23-31,36-41H,3,9,22,32-35H2,1-2H3/b17-4+,24-16?,27-16?,38-36?,42-40-,49-24?,49-36?,51-38?,54-27?,55-51?,56-54?. The molecular weight excluding hydrogens is 749 g/mol. The van der Waals surface area contributed by atoms with E-state index in [0.29, 0.717) is 0 Å². The van der Waals surface area contributed by atoms with Gasteiger partial charge in [0.05, 0.1) is 0 Å². The van der Waals surface area contributed by atoms with Crippen LogP contribution in [0.5, 0.6) is 0 Å². The van der Waals surface area contributed by atoms with Crippen LogP contribution in [0.1, 0.15) is 55.4 Å². The average Bonchev–Trinajstić information content (AvgIpc) is 3.58. The van der Waals surface area contributed by atoms with E-state index in [1.165, 1.54) is 66.7 Å². The number of nitrogens with zero attached hydrogens (tertiary/aromatic N) is 2. The summed E-state index contributed by atoms with van der Waals surface area (Å²) in [5.41, 5.74) is 18.4. The second-order valence-corrected chi connectivity index (χ2v) is 16.8. The fraction of sp³-hybridized carbons (Fsp3) is 0.133. The SMILES string of the molecule is C=C(/C=C(C)\C=C\C)c1ccc(N2c3ccccc3CCc3ccccc32)cccc(-c2cccc3ccccc23)c2cc(N3C4=C(CCC=C4)CCc4ccccc43)ccc12. The first kappa shape index (κ1) is 39.0. The lowest BCUT2D eigenvalue weighted by Crippen LogP contribution is -2.18. The summed E-state index contributed by atoms with van der Waals surface area (Å²) in [7, 11) is 0. The van der Waals surface area contributed by atoms with Crippen LogP contribution >= 0.6 is 0 Å². The maximum absolute atomic E-state index is 4.82. The predicted octanol–water partition coefficient (Wildman–Crippen LogP) is 16.6. The van der Waals surface area contributed by atoms with Crippen molar-refractivity contribution >= 4 is 55.6 Å². The van der Waals surface area contributed by atoms with E-state index in [4.69, 9.17) is 6.58 Å². The van der Waals surface area contributed by atoms with Crippen molar-refractivity contribution in [3.05, 3.63) is 240 Å². The molecule has 7 aromatic carbocycles. The van der Waals surface area contributed by atoms with Crippen molar-refractivity contribution in [2.75, 3.05) is 9.80 Å². The molecule has 0 spiro atoms. The van der Waals surface area contributed by atoms with Crippen LogP contribution in [-0.4, -0.2) is 0 Å². The van der Waals surface area contributed by atoms with Gasteiger partial charge in [-0.25, -0.2) is 0 Å². The van der Waals surface area contributed by atoms with Crippen molar-refractivity contribution in [2.45, 2.75) is 52.4 Å². The van der Waals surface area contributed by atoms with Crippen LogP contribution in [0.4, 0.5) is 28.4 Å². The average molecular weight is 801 g/mol. The largest absolute Gasteiger partial charge is 0.310 e. The van der Waals surface area contributed by atoms with E-state index in [9.17, 15) is 0 Å². The summed E-state index contributed by atoms with van der Waals surface area (Å²) >= 11 is 0. The van der Waals surface area contributed by atoms with Crippen LogP contribution in [0.2, 0.25) is 0 Å². The van der Waals surface area contributed by atoms with E-state index < -0.39 is 0 Å². The third-order valence-corrected chi connectivity index (χ3v) is 12.9. The fourth-order valence-corrected chi connectivity index (χ4v) is 9.94. The molecule has 0 amide bonds. The Morgan fingerprint density at radius 1 is 0.532 bits per heavy atom. The van der Waals surface area contributed by atoms with Crippen LogP contribution in [0, 0.1) is 0 Å². The Balaban J connectivity index is 1.32. The van der Waals surface area contributed by atoms with E-state index in [-0.39, 0.29) is 0 Å². The van der Waals surface area contributed by atoms with Crippen LogP contribution in [0.3, 0.4) is 0 Å². The van der Waals surface area contributed by atoms with Gasteiger partial charge in [0.15, 0.2) is 0 Å². The number of fused-ring (bicyclic) bond motifs is 5. The van der Waals surface area contributed by atoms with E-state index in [2.05, 4.69) is 218 Å². The third kappa shape index (κ3) is 7.37. The Bertz CT molecular complexity index is 3030.